The van der Waals surface area contributed by atoms with E-state index in [1.54, 1.807) is 11.8 Å². The molecule has 2 aliphatic rings. The van der Waals surface area contributed by atoms with Crippen molar-refractivity contribution in [2.45, 2.75) is 50.2 Å². The molecule has 1 saturated heterocycles. The summed E-state index contributed by atoms with van der Waals surface area (Å²) in [6.45, 7) is 0.436. The van der Waals surface area contributed by atoms with Gasteiger partial charge >= 0.3 is 0 Å². The Bertz CT molecular complexity index is 276. The van der Waals surface area contributed by atoms with Crippen molar-refractivity contribution in [1.29, 1.82) is 0 Å². The lowest BCUT2D eigenvalue weighted by Gasteiger charge is -2.24. The molecule has 6 heteroatoms. The Morgan fingerprint density at radius 2 is 2.11 bits per heavy atom. The zero-order valence-corrected chi connectivity index (χ0v) is 13.9. The Hall–Kier alpha value is 0.310. The zero-order valence-electron chi connectivity index (χ0n) is 10.7. The molecule has 0 aromatic heterocycles. The lowest BCUT2D eigenvalue weighted by molar-refractivity contribution is 0.0779. The van der Waals surface area contributed by atoms with Crippen LogP contribution >= 0.6 is 35.7 Å². The summed E-state index contributed by atoms with van der Waals surface area (Å²) in [5.74, 6) is 2.32. The summed E-state index contributed by atoms with van der Waals surface area (Å²) in [5, 5.41) is 13.4. The molecule has 0 radical (unpaired) electrons. The number of hydrogen-bond donors (Lipinski definition) is 3. The standard InChI is InChI=1S/C12H23N3OS.HI/c13-11(15-10-4-2-1-3-5-10)14-8-12(16)6-7-17-9-12;/h10,16H,1-9H2,(H3,13,14,15);1H. The Kier molecular flexibility index (Phi) is 7.08. The average Bonchev–Trinajstić information content (AvgIpc) is 2.76. The first kappa shape index (κ1) is 16.4. The highest BCUT2D eigenvalue weighted by Crippen LogP contribution is 2.27. The van der Waals surface area contributed by atoms with Crippen LogP contribution in [0, 0.1) is 0 Å². The van der Waals surface area contributed by atoms with Crippen LogP contribution in [-0.4, -0.2) is 40.8 Å². The second kappa shape index (κ2) is 7.79. The molecule has 1 heterocycles. The normalized spacial score (nSPS) is 29.9. The molecule has 0 aromatic carbocycles. The number of guanidine groups is 1. The molecule has 106 valence electrons. The summed E-state index contributed by atoms with van der Waals surface area (Å²) >= 11 is 1.79. The van der Waals surface area contributed by atoms with Crippen LogP contribution in [0.3, 0.4) is 0 Å². The number of hydrogen-bond acceptors (Lipinski definition) is 3. The number of nitrogens with zero attached hydrogens (tertiary/aromatic N) is 1. The van der Waals surface area contributed by atoms with E-state index in [1.165, 1.54) is 32.1 Å². The van der Waals surface area contributed by atoms with Gasteiger partial charge in [-0.05, 0) is 25.0 Å². The van der Waals surface area contributed by atoms with E-state index >= 15 is 0 Å². The Morgan fingerprint density at radius 3 is 2.72 bits per heavy atom. The zero-order chi connectivity index (χ0) is 12.1. The molecule has 4 N–H and O–H groups in total. The van der Waals surface area contributed by atoms with Gasteiger partial charge in [0.25, 0.3) is 0 Å². The van der Waals surface area contributed by atoms with Gasteiger partial charge in [-0.25, -0.2) is 0 Å². The number of aliphatic imine (C=N–C) groups is 1. The van der Waals surface area contributed by atoms with Gasteiger partial charge in [-0.3, -0.25) is 4.99 Å². The summed E-state index contributed by atoms with van der Waals surface area (Å²) in [4.78, 5) is 4.29. The van der Waals surface area contributed by atoms with Gasteiger partial charge in [-0.1, -0.05) is 19.3 Å². The van der Waals surface area contributed by atoms with E-state index in [0.29, 0.717) is 18.5 Å². The van der Waals surface area contributed by atoms with Crippen molar-refractivity contribution >= 4 is 41.7 Å². The number of rotatable bonds is 3. The van der Waals surface area contributed by atoms with Crippen LogP contribution < -0.4 is 11.1 Å². The van der Waals surface area contributed by atoms with Crippen LogP contribution in [0.25, 0.3) is 0 Å². The number of thioether (sulfide) groups is 1. The fourth-order valence-corrected chi connectivity index (χ4v) is 3.74. The number of aliphatic hydroxyl groups is 1. The van der Waals surface area contributed by atoms with Crippen LogP contribution in [0.4, 0.5) is 0 Å². The first-order valence-electron chi connectivity index (χ1n) is 6.55. The smallest absolute Gasteiger partial charge is 0.188 e. The summed E-state index contributed by atoms with van der Waals surface area (Å²) in [6.07, 6.45) is 7.12. The van der Waals surface area contributed by atoms with Gasteiger partial charge in [0.05, 0.1) is 12.1 Å². The second-order valence-electron chi connectivity index (χ2n) is 5.21. The minimum absolute atomic E-state index is 0. The number of nitrogens with two attached hydrogens (primary N) is 1. The molecule has 1 aliphatic carbocycles. The lowest BCUT2D eigenvalue weighted by Crippen LogP contribution is -2.42. The fraction of sp³-hybridized carbons (Fsp3) is 0.917. The highest BCUT2D eigenvalue weighted by atomic mass is 127. The monoisotopic (exact) mass is 385 g/mol. The maximum atomic E-state index is 10.1. The average molecular weight is 385 g/mol. The molecule has 0 spiro atoms. The van der Waals surface area contributed by atoms with Gasteiger partial charge in [-0.15, -0.1) is 24.0 Å². The van der Waals surface area contributed by atoms with E-state index in [-0.39, 0.29) is 24.0 Å². The minimum Gasteiger partial charge on any atom is -0.387 e. The van der Waals surface area contributed by atoms with Gasteiger partial charge in [0.2, 0.25) is 0 Å². The van der Waals surface area contributed by atoms with Crippen LogP contribution in [0.1, 0.15) is 38.5 Å². The maximum Gasteiger partial charge on any atom is 0.188 e. The van der Waals surface area contributed by atoms with Crippen molar-refractivity contribution in [3.63, 3.8) is 0 Å². The third kappa shape index (κ3) is 5.13. The lowest BCUT2D eigenvalue weighted by atomic mass is 9.96. The quantitative estimate of drug-likeness (QED) is 0.393. The van der Waals surface area contributed by atoms with E-state index in [9.17, 15) is 5.11 Å². The van der Waals surface area contributed by atoms with Crippen molar-refractivity contribution in [1.82, 2.24) is 5.32 Å². The van der Waals surface area contributed by atoms with Crippen LogP contribution in [0.15, 0.2) is 4.99 Å². The molecular formula is C12H24IN3OS. The Balaban J connectivity index is 0.00000162. The summed E-state index contributed by atoms with van der Waals surface area (Å²) in [6, 6.07) is 0.486. The summed E-state index contributed by atoms with van der Waals surface area (Å²) < 4.78 is 0. The minimum atomic E-state index is -0.621. The molecule has 0 aromatic rings. The van der Waals surface area contributed by atoms with Crippen LogP contribution in [0.2, 0.25) is 0 Å². The van der Waals surface area contributed by atoms with E-state index in [2.05, 4.69) is 10.3 Å². The molecule has 1 aliphatic heterocycles. The Morgan fingerprint density at radius 1 is 1.39 bits per heavy atom. The molecule has 0 bridgehead atoms. The Labute approximate surface area is 131 Å². The molecule has 0 amide bonds. The predicted molar refractivity (Wildman–Crippen MR) is 88.8 cm³/mol. The van der Waals surface area contributed by atoms with E-state index in [1.807, 2.05) is 0 Å². The van der Waals surface area contributed by atoms with Gasteiger partial charge < -0.3 is 16.2 Å². The van der Waals surface area contributed by atoms with Crippen molar-refractivity contribution in [2.75, 3.05) is 18.1 Å². The largest absolute Gasteiger partial charge is 0.387 e. The molecule has 4 nitrogen and oxygen atoms in total. The van der Waals surface area contributed by atoms with Crippen LogP contribution in [0.5, 0.6) is 0 Å². The van der Waals surface area contributed by atoms with Crippen molar-refractivity contribution in [3.05, 3.63) is 0 Å². The van der Waals surface area contributed by atoms with E-state index in [4.69, 9.17) is 5.73 Å². The van der Waals surface area contributed by atoms with Crippen molar-refractivity contribution in [2.24, 2.45) is 10.7 Å². The van der Waals surface area contributed by atoms with Crippen molar-refractivity contribution in [3.8, 4) is 0 Å². The molecule has 1 saturated carbocycles. The molecule has 1 atom stereocenters. The molecular weight excluding hydrogens is 361 g/mol. The fourth-order valence-electron chi connectivity index (χ4n) is 2.46. The second-order valence-corrected chi connectivity index (χ2v) is 6.31. The molecule has 1 unspecified atom stereocenters. The highest BCUT2D eigenvalue weighted by molar-refractivity contribution is 14.0. The SMILES string of the molecule is I.NC(=NCC1(O)CCSC1)NC1CCCCC1. The van der Waals surface area contributed by atoms with Gasteiger partial charge in [0.1, 0.15) is 0 Å². The van der Waals surface area contributed by atoms with Gasteiger partial charge in [-0.2, -0.15) is 11.8 Å². The number of halogens is 1. The third-order valence-corrected chi connectivity index (χ3v) is 4.82. The molecule has 2 fully saturated rings. The van der Waals surface area contributed by atoms with Gasteiger partial charge in [0, 0.05) is 11.8 Å². The van der Waals surface area contributed by atoms with Crippen LogP contribution in [-0.2, 0) is 0 Å². The highest BCUT2D eigenvalue weighted by Gasteiger charge is 2.31. The van der Waals surface area contributed by atoms with E-state index < -0.39 is 5.60 Å². The molecule has 18 heavy (non-hydrogen) atoms. The summed E-state index contributed by atoms with van der Waals surface area (Å²) in [5.41, 5.74) is 5.24. The first-order valence-corrected chi connectivity index (χ1v) is 7.70. The molecule has 2 rings (SSSR count). The summed E-state index contributed by atoms with van der Waals surface area (Å²) in [7, 11) is 0. The third-order valence-electron chi connectivity index (χ3n) is 3.58. The van der Waals surface area contributed by atoms with Gasteiger partial charge in [0.15, 0.2) is 5.96 Å². The topological polar surface area (TPSA) is 70.6 Å². The number of nitrogens with one attached hydrogen (secondary N) is 1. The van der Waals surface area contributed by atoms with E-state index in [0.717, 1.165) is 17.9 Å². The predicted octanol–water partition coefficient (Wildman–Crippen LogP) is 1.71. The maximum absolute atomic E-state index is 10.1. The van der Waals surface area contributed by atoms with Crippen molar-refractivity contribution < 1.29 is 5.11 Å². The first-order chi connectivity index (χ1) is 8.18.